The van der Waals surface area contributed by atoms with E-state index in [9.17, 15) is 16.8 Å². The van der Waals surface area contributed by atoms with Crippen molar-refractivity contribution in [2.75, 3.05) is 49.2 Å². The van der Waals surface area contributed by atoms with Crippen molar-refractivity contribution in [1.82, 2.24) is 4.90 Å². The third kappa shape index (κ3) is 9.86. The number of nitrogens with two attached hydrogens (primary N) is 2. The van der Waals surface area contributed by atoms with E-state index in [0.29, 0.717) is 11.4 Å². The first-order valence-electron chi connectivity index (χ1n) is 9.13. The summed E-state index contributed by atoms with van der Waals surface area (Å²) >= 11 is 0.976. The van der Waals surface area contributed by atoms with Crippen LogP contribution >= 0.6 is 12.0 Å². The van der Waals surface area contributed by atoms with Crippen LogP contribution in [0.2, 0.25) is 0 Å². The van der Waals surface area contributed by atoms with Crippen LogP contribution in [-0.2, 0) is 29.2 Å². The molecule has 0 aliphatic rings. The van der Waals surface area contributed by atoms with Crippen LogP contribution in [-0.4, -0.2) is 64.0 Å². The van der Waals surface area contributed by atoms with E-state index in [1.165, 1.54) is 24.3 Å². The van der Waals surface area contributed by atoms with Crippen LogP contribution < -0.4 is 11.5 Å². The molecule has 0 aromatic heterocycles. The minimum Gasteiger partial charge on any atom is -0.399 e. The Hall–Kier alpha value is -1.87. The molecule has 2 aromatic rings. The Morgan fingerprint density at radius 1 is 0.839 bits per heavy atom. The van der Waals surface area contributed by atoms with E-state index in [-0.39, 0.29) is 36.9 Å². The monoisotopic (exact) mass is 491 g/mol. The Labute approximate surface area is 186 Å². The summed E-state index contributed by atoms with van der Waals surface area (Å²) in [5.74, 6) is -0.778. The number of benzene rings is 2. The second-order valence-corrected chi connectivity index (χ2v) is 11.0. The number of rotatable bonds is 13. The second-order valence-electron chi connectivity index (χ2n) is 6.56. The van der Waals surface area contributed by atoms with Crippen molar-refractivity contribution < 1.29 is 30.6 Å². The van der Waals surface area contributed by atoms with Crippen LogP contribution in [0.15, 0.2) is 58.3 Å². The molecule has 0 atom stereocenters. The van der Waals surface area contributed by atoms with Crippen molar-refractivity contribution in [1.29, 1.82) is 0 Å². The molecule has 2 rings (SSSR count). The molecule has 0 saturated heterocycles. The zero-order valence-corrected chi connectivity index (χ0v) is 19.0. The highest BCUT2D eigenvalue weighted by molar-refractivity contribution is 7.94. The van der Waals surface area contributed by atoms with Crippen LogP contribution in [0.5, 0.6) is 0 Å². The van der Waals surface area contributed by atoms with Gasteiger partial charge in [0.25, 0.3) is 10.1 Å². The topological polar surface area (TPSA) is 162 Å². The van der Waals surface area contributed by atoms with Crippen molar-refractivity contribution in [3.8, 4) is 0 Å². The van der Waals surface area contributed by atoms with Crippen LogP contribution in [0.3, 0.4) is 0 Å². The molecular weight excluding hydrogens is 466 g/mol. The third-order valence-corrected chi connectivity index (χ3v) is 7.17. The highest BCUT2D eigenvalue weighted by Gasteiger charge is 2.18. The molecule has 0 fully saturated rings. The summed E-state index contributed by atoms with van der Waals surface area (Å²) in [6, 6.07) is 12.7. The lowest BCUT2D eigenvalue weighted by molar-refractivity contribution is -0.193. The lowest BCUT2D eigenvalue weighted by Crippen LogP contribution is -2.36. The fraction of sp³-hybridized carbons (Fsp3) is 0.333. The first-order valence-corrected chi connectivity index (χ1v) is 13.1. The summed E-state index contributed by atoms with van der Waals surface area (Å²) in [6.45, 7) is 0.214. The summed E-state index contributed by atoms with van der Waals surface area (Å²) < 4.78 is 61.2. The van der Waals surface area contributed by atoms with Gasteiger partial charge in [0.05, 0.1) is 35.1 Å². The van der Waals surface area contributed by atoms with Crippen LogP contribution in [0, 0.1) is 0 Å². The normalized spacial score (nSPS) is 12.3. The molecule has 0 amide bonds. The number of anilines is 2. The molecule has 0 radical (unpaired) electrons. The Kier molecular flexibility index (Phi) is 9.55. The molecule has 0 spiro atoms. The van der Waals surface area contributed by atoms with Gasteiger partial charge in [0.1, 0.15) is 0 Å². The van der Waals surface area contributed by atoms with Gasteiger partial charge in [-0.15, -0.1) is 0 Å². The molecule has 0 aliphatic heterocycles. The van der Waals surface area contributed by atoms with E-state index in [1.54, 1.807) is 29.2 Å². The zero-order valence-electron chi connectivity index (χ0n) is 16.6. The van der Waals surface area contributed by atoms with Crippen LogP contribution in [0.1, 0.15) is 0 Å². The highest BCUT2D eigenvalue weighted by Crippen LogP contribution is 2.20. The zero-order chi connectivity index (χ0) is 22.9. The molecular formula is C18H25N3O7S3. The molecule has 2 aromatic carbocycles. The Balaban J connectivity index is 1.85. The summed E-state index contributed by atoms with van der Waals surface area (Å²) in [4.78, 5) is 7.52. The van der Waals surface area contributed by atoms with Gasteiger partial charge >= 0.3 is 0 Å². The number of sulfone groups is 1. The number of nitrogens with zero attached hydrogens (tertiary/aromatic N) is 1. The molecule has 0 bridgehead atoms. The van der Waals surface area contributed by atoms with Crippen molar-refractivity contribution in [2.24, 2.45) is 0 Å². The summed E-state index contributed by atoms with van der Waals surface area (Å²) in [5.41, 5.74) is 12.2. The maximum Gasteiger partial charge on any atom is 0.266 e. The average molecular weight is 492 g/mol. The van der Waals surface area contributed by atoms with E-state index in [4.69, 9.17) is 25.2 Å². The maximum absolute atomic E-state index is 12.5. The van der Waals surface area contributed by atoms with Gasteiger partial charge in [-0.3, -0.25) is 9.45 Å². The Bertz CT molecular complexity index is 1030. The number of hydrogen-bond acceptors (Lipinski definition) is 10. The quantitative estimate of drug-likeness (QED) is 0.0928. The fourth-order valence-electron chi connectivity index (χ4n) is 2.41. The molecule has 0 aliphatic carbocycles. The molecule has 5 N–H and O–H groups in total. The first-order chi connectivity index (χ1) is 14.5. The van der Waals surface area contributed by atoms with Crippen molar-refractivity contribution in [2.45, 2.75) is 9.79 Å². The molecule has 10 nitrogen and oxygen atoms in total. The van der Waals surface area contributed by atoms with Crippen molar-refractivity contribution in [3.63, 3.8) is 0 Å². The fourth-order valence-corrected chi connectivity index (χ4v) is 4.63. The Morgan fingerprint density at radius 3 is 1.97 bits per heavy atom. The highest BCUT2D eigenvalue weighted by atomic mass is 32.2. The van der Waals surface area contributed by atoms with Crippen molar-refractivity contribution >= 4 is 43.4 Å². The minimum atomic E-state index is -4.20. The number of hydrogen-bond donors (Lipinski definition) is 3. The molecule has 31 heavy (non-hydrogen) atoms. The standard InChI is InChI=1S/C18H25N3O7S3/c19-15-1-5-17(6-2-15)29-28-27-12-9-21(11-14-31(24,25)26)10-13-30(22,23)18-7-3-16(20)4-8-18/h1-8H,9-14,19-20H2,(H,24,25,26). The molecule has 0 saturated carbocycles. The SMILES string of the molecule is Nc1ccc(SOOCCN(CCS(=O)(=O)O)CCS(=O)(=O)c2ccc(N)cc2)cc1. The van der Waals surface area contributed by atoms with E-state index in [2.05, 4.69) is 0 Å². The smallest absolute Gasteiger partial charge is 0.266 e. The van der Waals surface area contributed by atoms with Gasteiger partial charge in [-0.1, -0.05) is 0 Å². The lowest BCUT2D eigenvalue weighted by Gasteiger charge is -2.21. The molecule has 0 unspecified atom stereocenters. The van der Waals surface area contributed by atoms with Crippen LogP contribution in [0.4, 0.5) is 11.4 Å². The Morgan fingerprint density at radius 2 is 1.39 bits per heavy atom. The van der Waals surface area contributed by atoms with Gasteiger partial charge in [0.15, 0.2) is 9.84 Å². The van der Waals surface area contributed by atoms with E-state index in [0.717, 1.165) is 16.9 Å². The van der Waals surface area contributed by atoms with E-state index < -0.39 is 25.7 Å². The molecule has 0 heterocycles. The number of nitrogen functional groups attached to an aromatic ring is 2. The summed E-state index contributed by atoms with van der Waals surface area (Å²) in [7, 11) is -7.79. The van der Waals surface area contributed by atoms with Gasteiger partial charge in [-0.05, 0) is 48.5 Å². The third-order valence-electron chi connectivity index (χ3n) is 4.13. The van der Waals surface area contributed by atoms with Gasteiger partial charge in [0, 0.05) is 35.9 Å². The maximum atomic E-state index is 12.5. The van der Waals surface area contributed by atoms with Gasteiger partial charge in [-0.2, -0.15) is 12.8 Å². The van der Waals surface area contributed by atoms with E-state index >= 15 is 0 Å². The average Bonchev–Trinajstić information content (AvgIpc) is 2.70. The van der Waals surface area contributed by atoms with E-state index in [1.807, 2.05) is 0 Å². The molecule has 172 valence electrons. The summed E-state index contributed by atoms with van der Waals surface area (Å²) in [6.07, 6.45) is 0. The minimum absolute atomic E-state index is 0.0384. The molecule has 13 heteroatoms. The second kappa shape index (κ2) is 11.7. The largest absolute Gasteiger partial charge is 0.399 e. The van der Waals surface area contributed by atoms with Crippen molar-refractivity contribution in [3.05, 3.63) is 48.5 Å². The van der Waals surface area contributed by atoms with Gasteiger partial charge in [0.2, 0.25) is 0 Å². The van der Waals surface area contributed by atoms with Gasteiger partial charge < -0.3 is 11.5 Å². The summed E-state index contributed by atoms with van der Waals surface area (Å²) in [5, 5.41) is 0. The predicted molar refractivity (Wildman–Crippen MR) is 120 cm³/mol. The lowest BCUT2D eigenvalue weighted by atomic mass is 10.3. The van der Waals surface area contributed by atoms with Gasteiger partial charge in [-0.25, -0.2) is 13.3 Å². The first kappa shape index (κ1) is 25.4. The predicted octanol–water partition coefficient (Wildman–Crippen LogP) is 1.47. The van der Waals surface area contributed by atoms with Crippen LogP contribution in [0.25, 0.3) is 0 Å².